The molecule has 66 valence electrons. The lowest BCUT2D eigenvalue weighted by atomic mass is 9.86. The summed E-state index contributed by atoms with van der Waals surface area (Å²) in [6.45, 7) is 6.88. The maximum Gasteiger partial charge on any atom is 0.0170 e. The molecule has 2 atom stereocenters. The zero-order valence-electron chi connectivity index (χ0n) is 7.88. The molecule has 0 bridgehead atoms. The molecule has 11 heavy (non-hydrogen) atoms. The standard InChI is InChI=1S/C9H20N2/c1-7(2)8-4-9(10)6-11(3)5-8/h7-9H,4-6,10H2,1-3H3. The van der Waals surface area contributed by atoms with Gasteiger partial charge in [-0.1, -0.05) is 13.8 Å². The molecule has 0 aromatic heterocycles. The third-order valence-corrected chi connectivity index (χ3v) is 2.64. The Kier molecular flexibility index (Phi) is 2.90. The molecule has 0 amide bonds. The van der Waals surface area contributed by atoms with Gasteiger partial charge in [-0.2, -0.15) is 0 Å². The molecule has 0 radical (unpaired) electrons. The van der Waals surface area contributed by atoms with Gasteiger partial charge in [0.2, 0.25) is 0 Å². The number of hydrogen-bond acceptors (Lipinski definition) is 2. The van der Waals surface area contributed by atoms with E-state index in [1.165, 1.54) is 13.0 Å². The summed E-state index contributed by atoms with van der Waals surface area (Å²) in [5, 5.41) is 0. The van der Waals surface area contributed by atoms with Crippen LogP contribution < -0.4 is 5.73 Å². The van der Waals surface area contributed by atoms with Crippen LogP contribution in [0.2, 0.25) is 0 Å². The molecule has 1 aliphatic rings. The van der Waals surface area contributed by atoms with Crippen molar-refractivity contribution in [1.82, 2.24) is 4.90 Å². The monoisotopic (exact) mass is 156 g/mol. The molecule has 1 heterocycles. The summed E-state index contributed by atoms with van der Waals surface area (Å²) in [7, 11) is 2.16. The van der Waals surface area contributed by atoms with E-state index in [0.29, 0.717) is 6.04 Å². The Morgan fingerprint density at radius 3 is 2.45 bits per heavy atom. The highest BCUT2D eigenvalue weighted by atomic mass is 15.1. The van der Waals surface area contributed by atoms with Crippen LogP contribution in [0.1, 0.15) is 20.3 Å². The first kappa shape index (κ1) is 9.01. The molecule has 2 nitrogen and oxygen atoms in total. The highest BCUT2D eigenvalue weighted by Gasteiger charge is 2.24. The van der Waals surface area contributed by atoms with Gasteiger partial charge in [-0.3, -0.25) is 0 Å². The van der Waals surface area contributed by atoms with Crippen molar-refractivity contribution < 1.29 is 0 Å². The number of nitrogens with two attached hydrogens (primary N) is 1. The second-order valence-corrected chi connectivity index (χ2v) is 4.22. The van der Waals surface area contributed by atoms with Crippen LogP contribution in [-0.4, -0.2) is 31.1 Å². The Balaban J connectivity index is 2.43. The van der Waals surface area contributed by atoms with Crippen LogP contribution >= 0.6 is 0 Å². The second-order valence-electron chi connectivity index (χ2n) is 4.22. The molecular weight excluding hydrogens is 136 g/mol. The van der Waals surface area contributed by atoms with Crippen molar-refractivity contribution in [2.75, 3.05) is 20.1 Å². The van der Waals surface area contributed by atoms with Gasteiger partial charge in [0.15, 0.2) is 0 Å². The predicted molar refractivity (Wildman–Crippen MR) is 48.4 cm³/mol. The Bertz CT molecular complexity index is 113. The summed E-state index contributed by atoms with van der Waals surface area (Å²) in [5.74, 6) is 1.59. The van der Waals surface area contributed by atoms with Crippen molar-refractivity contribution in [1.29, 1.82) is 0 Å². The Morgan fingerprint density at radius 2 is 2.00 bits per heavy atom. The Labute approximate surface area is 69.8 Å². The minimum atomic E-state index is 0.404. The van der Waals surface area contributed by atoms with Crippen molar-refractivity contribution in [3.63, 3.8) is 0 Å². The smallest absolute Gasteiger partial charge is 0.0170 e. The van der Waals surface area contributed by atoms with E-state index in [1.807, 2.05) is 0 Å². The zero-order valence-corrected chi connectivity index (χ0v) is 7.88. The van der Waals surface area contributed by atoms with Crippen molar-refractivity contribution in [2.24, 2.45) is 17.6 Å². The van der Waals surface area contributed by atoms with Crippen LogP contribution in [-0.2, 0) is 0 Å². The van der Waals surface area contributed by atoms with E-state index in [0.717, 1.165) is 18.4 Å². The second kappa shape index (κ2) is 3.55. The predicted octanol–water partition coefficient (Wildman–Crippen LogP) is 0.921. The van der Waals surface area contributed by atoms with Gasteiger partial charge in [-0.05, 0) is 25.3 Å². The molecule has 1 rings (SSSR count). The lowest BCUT2D eigenvalue weighted by Gasteiger charge is -2.35. The van der Waals surface area contributed by atoms with Crippen LogP contribution in [0.15, 0.2) is 0 Å². The number of likely N-dealkylation sites (N-methyl/N-ethyl adjacent to an activating group) is 1. The minimum absolute atomic E-state index is 0.404. The molecule has 2 N–H and O–H groups in total. The molecule has 1 aliphatic heterocycles. The molecule has 1 saturated heterocycles. The van der Waals surface area contributed by atoms with Crippen molar-refractivity contribution in [2.45, 2.75) is 26.3 Å². The molecule has 0 saturated carbocycles. The van der Waals surface area contributed by atoms with E-state index in [9.17, 15) is 0 Å². The van der Waals surface area contributed by atoms with Gasteiger partial charge < -0.3 is 10.6 Å². The van der Waals surface area contributed by atoms with Crippen molar-refractivity contribution in [3.8, 4) is 0 Å². The summed E-state index contributed by atoms with van der Waals surface area (Å²) in [5.41, 5.74) is 5.91. The van der Waals surface area contributed by atoms with Crippen molar-refractivity contribution in [3.05, 3.63) is 0 Å². The third-order valence-electron chi connectivity index (χ3n) is 2.64. The summed E-state index contributed by atoms with van der Waals surface area (Å²) >= 11 is 0. The van der Waals surface area contributed by atoms with Crippen LogP contribution in [0.4, 0.5) is 0 Å². The number of hydrogen-bond donors (Lipinski definition) is 1. The minimum Gasteiger partial charge on any atom is -0.327 e. The largest absolute Gasteiger partial charge is 0.327 e. The molecular formula is C9H20N2. The average Bonchev–Trinajstić information content (AvgIpc) is 1.85. The molecule has 0 aromatic rings. The van der Waals surface area contributed by atoms with Gasteiger partial charge >= 0.3 is 0 Å². The number of likely N-dealkylation sites (tertiary alicyclic amines) is 1. The van der Waals surface area contributed by atoms with Crippen LogP contribution in [0, 0.1) is 11.8 Å². The lowest BCUT2D eigenvalue weighted by Crippen LogP contribution is -2.46. The fourth-order valence-corrected chi connectivity index (χ4v) is 1.90. The SMILES string of the molecule is CC(C)C1CC(N)CN(C)C1. The number of nitrogens with zero attached hydrogens (tertiary/aromatic N) is 1. The van der Waals surface area contributed by atoms with E-state index >= 15 is 0 Å². The van der Waals surface area contributed by atoms with Gasteiger partial charge in [0.1, 0.15) is 0 Å². The Hall–Kier alpha value is -0.0800. The van der Waals surface area contributed by atoms with E-state index < -0.39 is 0 Å². The molecule has 0 aliphatic carbocycles. The molecule has 1 fully saturated rings. The quantitative estimate of drug-likeness (QED) is 0.612. The van der Waals surface area contributed by atoms with Gasteiger partial charge in [-0.25, -0.2) is 0 Å². The molecule has 0 aromatic carbocycles. The Morgan fingerprint density at radius 1 is 1.36 bits per heavy atom. The topological polar surface area (TPSA) is 29.3 Å². The first-order valence-corrected chi connectivity index (χ1v) is 4.53. The highest BCUT2D eigenvalue weighted by Crippen LogP contribution is 2.21. The van der Waals surface area contributed by atoms with E-state index in [4.69, 9.17) is 5.73 Å². The first-order valence-electron chi connectivity index (χ1n) is 4.53. The van der Waals surface area contributed by atoms with E-state index in [1.54, 1.807) is 0 Å². The van der Waals surface area contributed by atoms with Crippen LogP contribution in [0.3, 0.4) is 0 Å². The number of rotatable bonds is 1. The third kappa shape index (κ3) is 2.46. The normalized spacial score (nSPS) is 34.6. The van der Waals surface area contributed by atoms with Gasteiger partial charge in [0.25, 0.3) is 0 Å². The fraction of sp³-hybridized carbons (Fsp3) is 1.00. The lowest BCUT2D eigenvalue weighted by molar-refractivity contribution is 0.155. The average molecular weight is 156 g/mol. The summed E-state index contributed by atoms with van der Waals surface area (Å²) in [6, 6.07) is 0.404. The highest BCUT2D eigenvalue weighted by molar-refractivity contribution is 4.80. The van der Waals surface area contributed by atoms with Crippen LogP contribution in [0.5, 0.6) is 0 Å². The van der Waals surface area contributed by atoms with Crippen LogP contribution in [0.25, 0.3) is 0 Å². The van der Waals surface area contributed by atoms with Crippen molar-refractivity contribution >= 4 is 0 Å². The zero-order chi connectivity index (χ0) is 8.43. The molecule has 2 heteroatoms. The maximum atomic E-state index is 5.91. The van der Waals surface area contributed by atoms with Gasteiger partial charge in [0, 0.05) is 19.1 Å². The van der Waals surface area contributed by atoms with Gasteiger partial charge in [-0.15, -0.1) is 0 Å². The summed E-state index contributed by atoms with van der Waals surface area (Å²) in [4.78, 5) is 2.35. The molecule has 2 unspecified atom stereocenters. The molecule has 0 spiro atoms. The number of piperidine rings is 1. The summed E-state index contributed by atoms with van der Waals surface area (Å²) < 4.78 is 0. The van der Waals surface area contributed by atoms with E-state index in [2.05, 4.69) is 25.8 Å². The van der Waals surface area contributed by atoms with E-state index in [-0.39, 0.29) is 0 Å². The maximum absolute atomic E-state index is 5.91. The van der Waals surface area contributed by atoms with Gasteiger partial charge in [0.05, 0.1) is 0 Å². The first-order chi connectivity index (χ1) is 5.09. The summed E-state index contributed by atoms with van der Waals surface area (Å²) in [6.07, 6.45) is 1.21. The fourth-order valence-electron chi connectivity index (χ4n) is 1.90.